The van der Waals surface area contributed by atoms with Crippen molar-refractivity contribution in [3.05, 3.63) is 34.9 Å². The second-order valence-electron chi connectivity index (χ2n) is 4.70. The summed E-state index contributed by atoms with van der Waals surface area (Å²) < 4.78 is 0. The van der Waals surface area contributed by atoms with Crippen molar-refractivity contribution >= 4 is 0 Å². The molecule has 0 bridgehead atoms. The summed E-state index contributed by atoms with van der Waals surface area (Å²) >= 11 is 0. The molecule has 0 nitrogen and oxygen atoms in total. The summed E-state index contributed by atoms with van der Waals surface area (Å²) in [4.78, 5) is 0. The van der Waals surface area contributed by atoms with E-state index < -0.39 is 0 Å². The molecule has 0 aromatic carbocycles. The molecule has 0 N–H and O–H groups in total. The molecule has 0 heteroatoms. The third kappa shape index (κ3) is 4.38. The molecule has 0 aromatic rings. The van der Waals surface area contributed by atoms with E-state index in [1.54, 1.807) is 11.1 Å². The van der Waals surface area contributed by atoms with Crippen molar-refractivity contribution in [3.63, 3.8) is 0 Å². The first-order valence-corrected chi connectivity index (χ1v) is 6.15. The quantitative estimate of drug-likeness (QED) is 0.537. The van der Waals surface area contributed by atoms with Crippen LogP contribution in [0.4, 0.5) is 0 Å². The SMILES string of the molecule is C.C/C=C\C(C)/C=C(/C)C1=C(C)CCCC1. The third-order valence-electron chi connectivity index (χ3n) is 3.23. The molecule has 0 radical (unpaired) electrons. The van der Waals surface area contributed by atoms with Crippen LogP contribution in [0.3, 0.4) is 0 Å². The summed E-state index contributed by atoms with van der Waals surface area (Å²) in [5.41, 5.74) is 4.73. The van der Waals surface area contributed by atoms with Crippen LogP contribution in [0.5, 0.6) is 0 Å². The van der Waals surface area contributed by atoms with Crippen LogP contribution in [0.25, 0.3) is 0 Å². The molecule has 0 saturated heterocycles. The molecule has 1 rings (SSSR count). The molecule has 1 unspecified atom stereocenters. The van der Waals surface area contributed by atoms with Gasteiger partial charge in [-0.2, -0.15) is 0 Å². The maximum Gasteiger partial charge on any atom is -0.00762 e. The van der Waals surface area contributed by atoms with Crippen molar-refractivity contribution < 1.29 is 0 Å². The average molecular weight is 220 g/mol. The van der Waals surface area contributed by atoms with E-state index >= 15 is 0 Å². The summed E-state index contributed by atoms with van der Waals surface area (Å²) in [5, 5.41) is 0. The lowest BCUT2D eigenvalue weighted by atomic mass is 9.87. The van der Waals surface area contributed by atoms with Gasteiger partial charge >= 0.3 is 0 Å². The average Bonchev–Trinajstić information content (AvgIpc) is 2.18. The summed E-state index contributed by atoms with van der Waals surface area (Å²) in [6.45, 7) is 8.91. The molecule has 0 aliphatic heterocycles. The van der Waals surface area contributed by atoms with Gasteiger partial charge in [0, 0.05) is 0 Å². The lowest BCUT2D eigenvalue weighted by Crippen LogP contribution is -1.99. The normalized spacial score (nSPS) is 19.9. The zero-order chi connectivity index (χ0) is 11.3. The summed E-state index contributed by atoms with van der Waals surface area (Å²) in [5.74, 6) is 0.567. The highest BCUT2D eigenvalue weighted by Crippen LogP contribution is 2.29. The highest BCUT2D eigenvalue weighted by Gasteiger charge is 2.10. The third-order valence-corrected chi connectivity index (χ3v) is 3.23. The van der Waals surface area contributed by atoms with Gasteiger partial charge < -0.3 is 0 Å². The van der Waals surface area contributed by atoms with Gasteiger partial charge in [0.2, 0.25) is 0 Å². The van der Waals surface area contributed by atoms with Crippen molar-refractivity contribution in [2.75, 3.05) is 0 Å². The predicted octanol–water partition coefficient (Wildman–Crippen LogP) is 5.67. The van der Waals surface area contributed by atoms with Crippen LogP contribution in [0, 0.1) is 5.92 Å². The van der Waals surface area contributed by atoms with Crippen molar-refractivity contribution in [1.29, 1.82) is 0 Å². The van der Waals surface area contributed by atoms with E-state index in [4.69, 9.17) is 0 Å². The standard InChI is InChI=1S/C15H24.CH4/c1-5-8-12(2)11-14(4)15-10-7-6-9-13(15)3;/h5,8,11-12H,6-7,9-10H2,1-4H3;1H4/b8-5-,14-11-;. The van der Waals surface area contributed by atoms with Crippen LogP contribution >= 0.6 is 0 Å². The molecule has 0 saturated carbocycles. The maximum atomic E-state index is 2.39. The highest BCUT2D eigenvalue weighted by atomic mass is 14.2. The summed E-state index contributed by atoms with van der Waals surface area (Å²) in [6, 6.07) is 0. The molecular formula is C16H28. The Bertz CT molecular complexity index is 289. The molecular weight excluding hydrogens is 192 g/mol. The van der Waals surface area contributed by atoms with Crippen molar-refractivity contribution in [2.45, 2.75) is 60.8 Å². The van der Waals surface area contributed by atoms with Crippen LogP contribution in [0.15, 0.2) is 34.9 Å². The lowest BCUT2D eigenvalue weighted by Gasteiger charge is -2.19. The van der Waals surface area contributed by atoms with E-state index in [-0.39, 0.29) is 7.43 Å². The monoisotopic (exact) mass is 220 g/mol. The molecule has 0 spiro atoms. The molecule has 0 heterocycles. The van der Waals surface area contributed by atoms with Crippen molar-refractivity contribution in [3.8, 4) is 0 Å². The summed E-state index contributed by atoms with van der Waals surface area (Å²) in [7, 11) is 0. The van der Waals surface area contributed by atoms with Gasteiger partial charge in [-0.05, 0) is 57.9 Å². The minimum atomic E-state index is 0. The Morgan fingerprint density at radius 1 is 1.25 bits per heavy atom. The van der Waals surface area contributed by atoms with Gasteiger partial charge in [-0.3, -0.25) is 0 Å². The van der Waals surface area contributed by atoms with Crippen LogP contribution < -0.4 is 0 Å². The van der Waals surface area contributed by atoms with Crippen molar-refractivity contribution in [1.82, 2.24) is 0 Å². The molecule has 1 aliphatic carbocycles. The van der Waals surface area contributed by atoms with E-state index in [1.165, 1.54) is 31.3 Å². The molecule has 0 aromatic heterocycles. The van der Waals surface area contributed by atoms with Gasteiger partial charge in [0.05, 0.1) is 0 Å². The topological polar surface area (TPSA) is 0 Å². The van der Waals surface area contributed by atoms with Crippen LogP contribution in [-0.4, -0.2) is 0 Å². The Kier molecular flexibility index (Phi) is 7.12. The zero-order valence-electron chi connectivity index (χ0n) is 10.6. The van der Waals surface area contributed by atoms with Crippen molar-refractivity contribution in [2.24, 2.45) is 5.92 Å². The van der Waals surface area contributed by atoms with Crippen LogP contribution in [-0.2, 0) is 0 Å². The molecule has 1 aliphatic rings. The molecule has 0 amide bonds. The number of rotatable bonds is 3. The van der Waals surface area contributed by atoms with E-state index in [1.807, 2.05) is 0 Å². The fourth-order valence-electron chi connectivity index (χ4n) is 2.44. The van der Waals surface area contributed by atoms with Gasteiger partial charge in [-0.25, -0.2) is 0 Å². The smallest absolute Gasteiger partial charge is 0.00762 e. The van der Waals surface area contributed by atoms with Crippen LogP contribution in [0.2, 0.25) is 0 Å². The van der Waals surface area contributed by atoms with Gasteiger partial charge in [0.25, 0.3) is 0 Å². The second kappa shape index (κ2) is 7.49. The fourth-order valence-corrected chi connectivity index (χ4v) is 2.44. The van der Waals surface area contributed by atoms with Gasteiger partial charge in [-0.15, -0.1) is 0 Å². The molecule has 92 valence electrons. The number of hydrogen-bond donors (Lipinski definition) is 0. The Morgan fingerprint density at radius 2 is 1.88 bits per heavy atom. The Balaban J connectivity index is 0.00000225. The number of hydrogen-bond acceptors (Lipinski definition) is 0. The molecule has 0 fully saturated rings. The van der Waals surface area contributed by atoms with Crippen LogP contribution in [0.1, 0.15) is 60.8 Å². The number of allylic oxidation sites excluding steroid dienone is 6. The van der Waals surface area contributed by atoms with Gasteiger partial charge in [0.15, 0.2) is 0 Å². The Hall–Kier alpha value is -0.780. The van der Waals surface area contributed by atoms with E-state index in [0.717, 1.165) is 0 Å². The molecule has 1 atom stereocenters. The highest BCUT2D eigenvalue weighted by molar-refractivity contribution is 5.35. The first kappa shape index (κ1) is 15.2. The minimum Gasteiger partial charge on any atom is -0.0911 e. The molecule has 16 heavy (non-hydrogen) atoms. The predicted molar refractivity (Wildman–Crippen MR) is 75.6 cm³/mol. The maximum absolute atomic E-state index is 2.39. The first-order chi connectivity index (χ1) is 7.15. The van der Waals surface area contributed by atoms with Gasteiger partial charge in [-0.1, -0.05) is 43.7 Å². The second-order valence-corrected chi connectivity index (χ2v) is 4.70. The Morgan fingerprint density at radius 3 is 2.44 bits per heavy atom. The summed E-state index contributed by atoms with van der Waals surface area (Å²) in [6.07, 6.45) is 12.1. The van der Waals surface area contributed by atoms with Gasteiger partial charge in [0.1, 0.15) is 0 Å². The van der Waals surface area contributed by atoms with E-state index in [9.17, 15) is 0 Å². The van der Waals surface area contributed by atoms with E-state index in [2.05, 4.69) is 45.9 Å². The lowest BCUT2D eigenvalue weighted by molar-refractivity contribution is 0.675. The Labute approximate surface area is 102 Å². The fraction of sp³-hybridized carbons (Fsp3) is 0.625. The zero-order valence-corrected chi connectivity index (χ0v) is 10.6. The first-order valence-electron chi connectivity index (χ1n) is 6.15. The minimum absolute atomic E-state index is 0. The largest absolute Gasteiger partial charge is 0.0911 e. The van der Waals surface area contributed by atoms with E-state index in [0.29, 0.717) is 5.92 Å².